The van der Waals surface area contributed by atoms with E-state index in [1.807, 2.05) is 6.07 Å². The van der Waals surface area contributed by atoms with Crippen molar-refractivity contribution in [3.63, 3.8) is 0 Å². The number of ether oxygens (including phenoxy) is 1. The Labute approximate surface area is 200 Å². The van der Waals surface area contributed by atoms with Crippen LogP contribution in [0.5, 0.6) is 0 Å². The van der Waals surface area contributed by atoms with Crippen molar-refractivity contribution in [2.24, 2.45) is 0 Å². The Morgan fingerprint density at radius 2 is 2.00 bits per heavy atom. The molecule has 1 aliphatic rings. The Balaban J connectivity index is 1.59. The summed E-state index contributed by atoms with van der Waals surface area (Å²) in [6.07, 6.45) is 4.59. The van der Waals surface area contributed by atoms with Gasteiger partial charge in [0.25, 0.3) is 5.91 Å². The zero-order chi connectivity index (χ0) is 24.5. The molecule has 1 aliphatic heterocycles. The highest BCUT2D eigenvalue weighted by Crippen LogP contribution is 2.33. The molecule has 1 amide bonds. The van der Waals surface area contributed by atoms with Crippen LogP contribution >= 0.6 is 0 Å². The first-order valence-electron chi connectivity index (χ1n) is 10.9. The summed E-state index contributed by atoms with van der Waals surface area (Å²) >= 11 is 0. The predicted octanol–water partition coefficient (Wildman–Crippen LogP) is 3.45. The molecule has 2 N–H and O–H groups in total. The average molecular weight is 469 g/mol. The van der Waals surface area contributed by atoms with Crippen molar-refractivity contribution in [2.75, 3.05) is 5.73 Å². The Kier molecular flexibility index (Phi) is 5.76. The highest BCUT2D eigenvalue weighted by atomic mass is 19.1. The molecule has 10 heteroatoms. The number of amides is 1. The molecular weight excluding hydrogens is 449 g/mol. The van der Waals surface area contributed by atoms with E-state index in [1.54, 1.807) is 37.5 Å². The molecule has 1 atom stereocenters. The quantitative estimate of drug-likeness (QED) is 0.470. The van der Waals surface area contributed by atoms with Crippen LogP contribution in [0.25, 0.3) is 10.9 Å². The second-order valence-corrected chi connectivity index (χ2v) is 8.16. The van der Waals surface area contributed by atoms with Crippen molar-refractivity contribution in [3.8, 4) is 6.07 Å². The van der Waals surface area contributed by atoms with Crippen LogP contribution in [0.3, 0.4) is 0 Å². The summed E-state index contributed by atoms with van der Waals surface area (Å²) in [5.74, 6) is -0.571. The van der Waals surface area contributed by atoms with E-state index in [1.165, 1.54) is 23.2 Å². The number of pyridine rings is 2. The number of nitrogen functional groups attached to an aromatic ring is 1. The SMILES string of the molecule is C[C@H](c1ncccn1)N(Cc1ccc(C#N)cn1)C(=O)c1cc2c3c(c(N)nc2cc1F)COC3. The fraction of sp³-hybridized carbons (Fsp3) is 0.200. The highest BCUT2D eigenvalue weighted by molar-refractivity contribution is 5.99. The van der Waals surface area contributed by atoms with Crippen LogP contribution in [0.1, 0.15) is 51.5 Å². The summed E-state index contributed by atoms with van der Waals surface area (Å²) in [5, 5.41) is 9.67. The van der Waals surface area contributed by atoms with Crippen LogP contribution in [-0.2, 0) is 24.5 Å². The number of hydrogen-bond donors (Lipinski definition) is 1. The molecule has 1 aromatic carbocycles. The van der Waals surface area contributed by atoms with Crippen molar-refractivity contribution in [2.45, 2.75) is 32.7 Å². The first kappa shape index (κ1) is 22.3. The Morgan fingerprint density at radius 3 is 2.71 bits per heavy atom. The molecule has 0 aliphatic carbocycles. The van der Waals surface area contributed by atoms with Crippen molar-refractivity contribution >= 4 is 22.6 Å². The largest absolute Gasteiger partial charge is 0.383 e. The van der Waals surface area contributed by atoms with Gasteiger partial charge in [-0.2, -0.15) is 5.26 Å². The number of carbonyl (C=O) groups excluding carboxylic acids is 1. The number of benzene rings is 1. The third-order valence-electron chi connectivity index (χ3n) is 6.02. The number of aromatic nitrogens is 4. The van der Waals surface area contributed by atoms with Crippen molar-refractivity contribution < 1.29 is 13.9 Å². The molecule has 0 radical (unpaired) electrons. The first-order chi connectivity index (χ1) is 17.0. The number of rotatable bonds is 5. The molecule has 0 bridgehead atoms. The number of halogens is 1. The van der Waals surface area contributed by atoms with Crippen LogP contribution in [-0.4, -0.2) is 30.7 Å². The molecule has 3 aromatic heterocycles. The van der Waals surface area contributed by atoms with Gasteiger partial charge in [-0.05, 0) is 36.8 Å². The summed E-state index contributed by atoms with van der Waals surface area (Å²) in [5.41, 5.74) is 8.75. The third kappa shape index (κ3) is 4.13. The van der Waals surface area contributed by atoms with E-state index in [-0.39, 0.29) is 12.1 Å². The lowest BCUT2D eigenvalue weighted by atomic mass is 10.0. The van der Waals surface area contributed by atoms with Crippen molar-refractivity contribution in [1.29, 1.82) is 5.26 Å². The zero-order valence-corrected chi connectivity index (χ0v) is 18.8. The minimum absolute atomic E-state index is 0.0582. The molecule has 174 valence electrons. The zero-order valence-electron chi connectivity index (χ0n) is 18.8. The van der Waals surface area contributed by atoms with E-state index >= 15 is 4.39 Å². The molecule has 9 nitrogen and oxygen atoms in total. The maximum atomic E-state index is 15.3. The van der Waals surface area contributed by atoms with Gasteiger partial charge in [0, 0.05) is 35.6 Å². The number of anilines is 1. The first-order valence-corrected chi connectivity index (χ1v) is 10.9. The third-order valence-corrected chi connectivity index (χ3v) is 6.02. The fourth-order valence-corrected chi connectivity index (χ4v) is 4.12. The number of nitrogens with zero attached hydrogens (tertiary/aromatic N) is 6. The fourth-order valence-electron chi connectivity index (χ4n) is 4.12. The van der Waals surface area contributed by atoms with E-state index in [0.717, 1.165) is 11.1 Å². The van der Waals surface area contributed by atoms with Gasteiger partial charge in [-0.25, -0.2) is 19.3 Å². The van der Waals surface area contributed by atoms with Crippen LogP contribution in [0, 0.1) is 17.1 Å². The van der Waals surface area contributed by atoms with Gasteiger partial charge in [0.05, 0.1) is 48.1 Å². The Bertz CT molecular complexity index is 1470. The molecular formula is C25H20FN7O2. The van der Waals surface area contributed by atoms with Crippen LogP contribution in [0.4, 0.5) is 10.2 Å². The number of fused-ring (bicyclic) bond motifs is 3. The average Bonchev–Trinajstić information content (AvgIpc) is 3.38. The van der Waals surface area contributed by atoms with Crippen LogP contribution in [0.2, 0.25) is 0 Å². The van der Waals surface area contributed by atoms with E-state index in [0.29, 0.717) is 47.0 Å². The van der Waals surface area contributed by atoms with Gasteiger partial charge < -0.3 is 15.4 Å². The molecule has 35 heavy (non-hydrogen) atoms. The van der Waals surface area contributed by atoms with Crippen molar-refractivity contribution in [1.82, 2.24) is 24.8 Å². The van der Waals surface area contributed by atoms with Gasteiger partial charge in [-0.15, -0.1) is 0 Å². The van der Waals surface area contributed by atoms with Gasteiger partial charge >= 0.3 is 0 Å². The molecule has 0 unspecified atom stereocenters. The lowest BCUT2D eigenvalue weighted by molar-refractivity contribution is 0.0658. The summed E-state index contributed by atoms with van der Waals surface area (Å²) in [6, 6.07) is 9.10. The molecule has 0 saturated carbocycles. The summed E-state index contributed by atoms with van der Waals surface area (Å²) in [6.45, 7) is 2.46. The summed E-state index contributed by atoms with van der Waals surface area (Å²) < 4.78 is 20.8. The van der Waals surface area contributed by atoms with E-state index in [4.69, 9.17) is 15.7 Å². The summed E-state index contributed by atoms with van der Waals surface area (Å²) in [4.78, 5) is 32.4. The van der Waals surface area contributed by atoms with Gasteiger partial charge in [0.2, 0.25) is 0 Å². The topological polar surface area (TPSA) is 131 Å². The van der Waals surface area contributed by atoms with Crippen LogP contribution < -0.4 is 5.73 Å². The second kappa shape index (κ2) is 9.04. The van der Waals surface area contributed by atoms with E-state index in [2.05, 4.69) is 19.9 Å². The Hall–Kier alpha value is -4.49. The smallest absolute Gasteiger partial charge is 0.257 e. The summed E-state index contributed by atoms with van der Waals surface area (Å²) in [7, 11) is 0. The molecule has 0 saturated heterocycles. The monoisotopic (exact) mass is 469 g/mol. The number of hydrogen-bond acceptors (Lipinski definition) is 8. The number of nitrogens with two attached hydrogens (primary N) is 1. The van der Waals surface area contributed by atoms with Gasteiger partial charge in [0.15, 0.2) is 0 Å². The van der Waals surface area contributed by atoms with Gasteiger partial charge in [0.1, 0.15) is 23.5 Å². The van der Waals surface area contributed by atoms with Crippen molar-refractivity contribution in [3.05, 3.63) is 88.5 Å². The lowest BCUT2D eigenvalue weighted by Crippen LogP contribution is -2.35. The molecule has 4 aromatic rings. The number of carbonyl (C=O) groups is 1. The highest BCUT2D eigenvalue weighted by Gasteiger charge is 2.29. The molecule has 4 heterocycles. The normalized spacial score (nSPS) is 13.3. The minimum atomic E-state index is -0.716. The molecule has 5 rings (SSSR count). The van der Waals surface area contributed by atoms with E-state index in [9.17, 15) is 4.79 Å². The standard InChI is InChI=1S/C25H20FN7O2/c1-14(24-29-5-2-6-30-24)33(11-16-4-3-15(9-27)10-31-16)25(34)18-7-17-19-12-35-13-20(19)23(28)32-22(17)8-21(18)26/h2-8,10,14H,11-13H2,1H3,(H2,28,32)/t14-/m1/s1. The van der Waals surface area contributed by atoms with Gasteiger partial charge in [-0.1, -0.05) is 0 Å². The van der Waals surface area contributed by atoms with E-state index < -0.39 is 17.8 Å². The predicted molar refractivity (Wildman–Crippen MR) is 124 cm³/mol. The Morgan fingerprint density at radius 1 is 1.23 bits per heavy atom. The lowest BCUT2D eigenvalue weighted by Gasteiger charge is -2.28. The molecule has 0 spiro atoms. The number of nitriles is 1. The van der Waals surface area contributed by atoms with Gasteiger partial charge in [-0.3, -0.25) is 9.78 Å². The minimum Gasteiger partial charge on any atom is -0.383 e. The van der Waals surface area contributed by atoms with Crippen LogP contribution in [0.15, 0.2) is 48.9 Å². The second-order valence-electron chi connectivity index (χ2n) is 8.16. The maximum Gasteiger partial charge on any atom is 0.257 e. The maximum absolute atomic E-state index is 15.3. The molecule has 0 fully saturated rings.